The van der Waals surface area contributed by atoms with Crippen molar-refractivity contribution in [1.82, 2.24) is 49.8 Å². The minimum atomic E-state index is 0. The molecule has 10 heteroatoms. The van der Waals surface area contributed by atoms with Crippen molar-refractivity contribution in [2.45, 2.75) is 183 Å². The molecule has 10 aromatic rings. The number of hydrogen-bond acceptors (Lipinski definition) is 10. The van der Waals surface area contributed by atoms with E-state index in [0.29, 0.717) is 29.6 Å². The third-order valence-electron chi connectivity index (χ3n) is 10.8. The second-order valence-corrected chi connectivity index (χ2v) is 17.4. The van der Waals surface area contributed by atoms with Gasteiger partial charge in [-0.1, -0.05) is 220 Å². The summed E-state index contributed by atoms with van der Waals surface area (Å²) in [6, 6.07) is 33.1. The first-order valence-electron chi connectivity index (χ1n) is 27.4. The van der Waals surface area contributed by atoms with E-state index in [1.165, 1.54) is 27.6 Å². The molecule has 10 rings (SSSR count). The highest BCUT2D eigenvalue weighted by molar-refractivity contribution is 5.82. The Bertz CT molecular complexity index is 2770. The topological polar surface area (TPSA) is 129 Å². The van der Waals surface area contributed by atoms with E-state index in [9.17, 15) is 0 Å². The van der Waals surface area contributed by atoms with E-state index in [1.54, 1.807) is 25.3 Å². The molecule has 0 radical (unpaired) electrons. The summed E-state index contributed by atoms with van der Waals surface area (Å²) in [6.07, 6.45) is 15.7. The molecule has 0 aliphatic rings. The monoisotopic (exact) mass is 1040 g/mol. The lowest BCUT2D eigenvalue weighted by molar-refractivity contribution is 0.783. The number of benzene rings is 5. The molecule has 0 aliphatic heterocycles. The van der Waals surface area contributed by atoms with Crippen LogP contribution in [0.1, 0.15) is 211 Å². The SMILES string of the molecule is C.C.CC.CC.CC.CC.CC.CC(C)c1ccc2cncnc2c1.CC(C)c1ccc2ncncc2c1.CC(C)c1cccc2cncnc12.CC(C)c1cccc2ncncc12.CC(C)c1ncc2ccccc2n1. The molecule has 0 amide bonds. The summed E-state index contributed by atoms with van der Waals surface area (Å²) >= 11 is 0. The Morgan fingerprint density at radius 3 is 1.36 bits per heavy atom. The molecule has 0 saturated carbocycles. The normalized spacial score (nSPS) is 9.68. The van der Waals surface area contributed by atoms with Gasteiger partial charge < -0.3 is 0 Å². The van der Waals surface area contributed by atoms with E-state index in [2.05, 4.69) is 168 Å². The number of fused-ring (bicyclic) bond motifs is 5. The Morgan fingerprint density at radius 1 is 0.312 bits per heavy atom. The van der Waals surface area contributed by atoms with Gasteiger partial charge in [-0.05, 0) is 76.3 Å². The van der Waals surface area contributed by atoms with Crippen molar-refractivity contribution in [2.75, 3.05) is 0 Å². The maximum atomic E-state index is 4.46. The lowest BCUT2D eigenvalue weighted by Crippen LogP contribution is -1.96. The molecule has 5 aromatic heterocycles. The summed E-state index contributed by atoms with van der Waals surface area (Å²) in [5.74, 6) is 3.46. The van der Waals surface area contributed by atoms with Crippen molar-refractivity contribution in [1.29, 1.82) is 0 Å². The van der Waals surface area contributed by atoms with E-state index in [-0.39, 0.29) is 14.9 Å². The molecular weight excluding hydrogens is 945 g/mol. The third kappa shape index (κ3) is 23.3. The van der Waals surface area contributed by atoms with E-state index >= 15 is 0 Å². The highest BCUT2D eigenvalue weighted by atomic mass is 14.9. The fourth-order valence-corrected chi connectivity index (χ4v) is 7.01. The molecule has 5 heterocycles. The van der Waals surface area contributed by atoms with Gasteiger partial charge in [-0.3, -0.25) is 0 Å². The summed E-state index contributed by atoms with van der Waals surface area (Å²) in [7, 11) is 0. The average molecular weight is 1040 g/mol. The summed E-state index contributed by atoms with van der Waals surface area (Å²) < 4.78 is 0. The van der Waals surface area contributed by atoms with Gasteiger partial charge in [-0.15, -0.1) is 0 Å². The highest BCUT2D eigenvalue weighted by Gasteiger charge is 2.07. The molecule has 0 fully saturated rings. The lowest BCUT2D eigenvalue weighted by atomic mass is 9.99. The van der Waals surface area contributed by atoms with Crippen LogP contribution in [0.2, 0.25) is 0 Å². The Morgan fingerprint density at radius 2 is 0.766 bits per heavy atom. The third-order valence-corrected chi connectivity index (χ3v) is 10.8. The maximum absolute atomic E-state index is 4.46. The quantitative estimate of drug-likeness (QED) is 0.164. The number of rotatable bonds is 5. The zero-order valence-electron chi connectivity index (χ0n) is 49.3. The van der Waals surface area contributed by atoms with Crippen LogP contribution in [0.3, 0.4) is 0 Å². The van der Waals surface area contributed by atoms with Gasteiger partial charge in [0.15, 0.2) is 0 Å². The van der Waals surface area contributed by atoms with Gasteiger partial charge in [-0.2, -0.15) is 0 Å². The van der Waals surface area contributed by atoms with Gasteiger partial charge in [0, 0.05) is 63.8 Å². The van der Waals surface area contributed by atoms with Crippen molar-refractivity contribution in [3.05, 3.63) is 181 Å². The van der Waals surface area contributed by atoms with Crippen LogP contribution < -0.4 is 0 Å². The number of nitrogens with zero attached hydrogens (tertiary/aromatic N) is 10. The Labute approximate surface area is 466 Å². The molecule has 10 nitrogen and oxygen atoms in total. The van der Waals surface area contributed by atoms with Crippen molar-refractivity contribution in [3.63, 3.8) is 0 Å². The van der Waals surface area contributed by atoms with E-state index in [4.69, 9.17) is 0 Å². The van der Waals surface area contributed by atoms with Gasteiger partial charge in [-0.25, -0.2) is 49.8 Å². The van der Waals surface area contributed by atoms with Gasteiger partial charge in [0.05, 0.1) is 27.6 Å². The van der Waals surface area contributed by atoms with Crippen LogP contribution in [0, 0.1) is 0 Å². The molecule has 0 aliphatic carbocycles. The highest BCUT2D eigenvalue weighted by Crippen LogP contribution is 2.24. The molecule has 0 N–H and O–H groups in total. The van der Waals surface area contributed by atoms with Gasteiger partial charge in [0.25, 0.3) is 0 Å². The molecule has 0 unspecified atom stereocenters. The second kappa shape index (κ2) is 41.0. The molecule has 5 aromatic carbocycles. The Balaban J connectivity index is 0. The van der Waals surface area contributed by atoms with Gasteiger partial charge in [0.1, 0.15) is 31.1 Å². The Kier molecular flexibility index (Phi) is 38.3. The van der Waals surface area contributed by atoms with Crippen LogP contribution >= 0.6 is 0 Å². The number of hydrogen-bond donors (Lipinski definition) is 0. The van der Waals surface area contributed by atoms with Crippen LogP contribution in [-0.2, 0) is 0 Å². The largest absolute Gasteiger partial charge is 0.244 e. The van der Waals surface area contributed by atoms with Gasteiger partial charge in [0.2, 0.25) is 0 Å². The number of aromatic nitrogens is 10. The standard InChI is InChI=1S/5C11H12N2.5C2H6.2CH4/c1-8(2)9-3-4-11-10(5-9)6-12-7-13-11;1-8(2)9-3-4-10-6-12-7-13-11(10)5-9;1-8(2)9-4-3-5-11-10(9)6-12-7-13-11;1-8(2)10-5-3-4-9-6-12-7-13-11(9)10;1-8(2)11-12-7-9-5-3-4-6-10(9)13-11;5*1-2;;/h5*3-8H,1-2H3;5*1-2H3;2*1H4. The van der Waals surface area contributed by atoms with Crippen LogP contribution in [0.25, 0.3) is 54.5 Å². The molecule has 416 valence electrons. The maximum Gasteiger partial charge on any atom is 0.131 e. The van der Waals surface area contributed by atoms with Crippen LogP contribution in [0.5, 0.6) is 0 Å². The van der Waals surface area contributed by atoms with Crippen LogP contribution in [0.15, 0.2) is 153 Å². The molecule has 0 atom stereocenters. The summed E-state index contributed by atoms with van der Waals surface area (Å²) in [6.45, 7) is 41.7. The van der Waals surface area contributed by atoms with Crippen LogP contribution in [-0.4, -0.2) is 49.8 Å². The molecule has 77 heavy (non-hydrogen) atoms. The first kappa shape index (κ1) is 71.9. The van der Waals surface area contributed by atoms with E-state index in [1.807, 2.05) is 149 Å². The summed E-state index contributed by atoms with van der Waals surface area (Å²) in [5.41, 5.74) is 10.4. The summed E-state index contributed by atoms with van der Waals surface area (Å²) in [4.78, 5) is 41.7. The first-order valence-corrected chi connectivity index (χ1v) is 27.4. The smallest absolute Gasteiger partial charge is 0.131 e. The predicted octanol–water partition coefficient (Wildman–Crippen LogP) is 20.2. The lowest BCUT2D eigenvalue weighted by Gasteiger charge is -2.07. The summed E-state index contributed by atoms with van der Waals surface area (Å²) in [5, 5.41) is 5.61. The zero-order valence-corrected chi connectivity index (χ0v) is 49.3. The van der Waals surface area contributed by atoms with Crippen molar-refractivity contribution < 1.29 is 0 Å². The van der Waals surface area contributed by atoms with Crippen molar-refractivity contribution in [2.24, 2.45) is 0 Å². The van der Waals surface area contributed by atoms with Gasteiger partial charge >= 0.3 is 0 Å². The van der Waals surface area contributed by atoms with Crippen molar-refractivity contribution >= 4 is 54.5 Å². The minimum Gasteiger partial charge on any atom is -0.244 e. The first-order chi connectivity index (χ1) is 36.4. The van der Waals surface area contributed by atoms with Crippen LogP contribution in [0.4, 0.5) is 0 Å². The minimum absolute atomic E-state index is 0. The predicted molar refractivity (Wildman–Crippen MR) is 338 cm³/mol. The Hall–Kier alpha value is -7.20. The average Bonchev–Trinajstić information content (AvgIpc) is 3.47. The fraction of sp³-hybridized carbons (Fsp3) is 0.403. The molecule has 0 saturated heterocycles. The molecule has 0 spiro atoms. The van der Waals surface area contributed by atoms with E-state index < -0.39 is 0 Å². The van der Waals surface area contributed by atoms with E-state index in [0.717, 1.165) is 55.0 Å². The number of para-hydroxylation sites is 2. The zero-order chi connectivity index (χ0) is 56.3. The second-order valence-electron chi connectivity index (χ2n) is 17.4. The fourth-order valence-electron chi connectivity index (χ4n) is 7.01. The molecule has 0 bridgehead atoms. The van der Waals surface area contributed by atoms with Crippen molar-refractivity contribution in [3.8, 4) is 0 Å². The molecular formula is C67H98N10.